The molecule has 0 aromatic heterocycles. The minimum Gasteiger partial charge on any atom is -0.378 e. The highest BCUT2D eigenvalue weighted by Crippen LogP contribution is 2.26. The molecule has 2 nitrogen and oxygen atoms in total. The van der Waals surface area contributed by atoms with Gasteiger partial charge in [-0.3, -0.25) is 0 Å². The Morgan fingerprint density at radius 2 is 1.44 bits per heavy atom. The monoisotopic (exact) mass is 267 g/mol. The van der Waals surface area contributed by atoms with Gasteiger partial charge in [0.2, 0.25) is 5.82 Å². The Bertz CT molecular complexity index is 421. The maximum absolute atomic E-state index is 13.1. The molecule has 1 N–H and O–H groups in total. The van der Waals surface area contributed by atoms with Crippen molar-refractivity contribution in [2.75, 3.05) is 25.1 Å². The zero-order valence-corrected chi connectivity index (χ0v) is 9.20. The van der Waals surface area contributed by atoms with Crippen LogP contribution in [0.15, 0.2) is 12.7 Å². The fourth-order valence-corrected chi connectivity index (χ4v) is 1.17. The lowest BCUT2D eigenvalue weighted by Gasteiger charge is -2.10. The second kappa shape index (κ2) is 6.34. The van der Waals surface area contributed by atoms with Gasteiger partial charge in [0.1, 0.15) is 5.69 Å². The Labute approximate surface area is 100 Å². The van der Waals surface area contributed by atoms with Gasteiger partial charge in [0.05, 0.1) is 13.2 Å². The first kappa shape index (κ1) is 14.4. The van der Waals surface area contributed by atoms with Crippen LogP contribution in [-0.4, -0.2) is 19.8 Å². The summed E-state index contributed by atoms with van der Waals surface area (Å²) in [6, 6.07) is 0. The molecule has 0 saturated carbocycles. The first-order chi connectivity index (χ1) is 8.50. The van der Waals surface area contributed by atoms with Crippen molar-refractivity contribution >= 4 is 5.69 Å². The molecule has 7 heteroatoms. The minimum atomic E-state index is -2.18. The molecular weight excluding hydrogens is 257 g/mol. The molecule has 0 aliphatic heterocycles. The van der Waals surface area contributed by atoms with Gasteiger partial charge < -0.3 is 10.1 Å². The van der Waals surface area contributed by atoms with Crippen molar-refractivity contribution in [2.45, 2.75) is 0 Å². The average molecular weight is 267 g/mol. The van der Waals surface area contributed by atoms with Crippen LogP contribution in [0.1, 0.15) is 0 Å². The van der Waals surface area contributed by atoms with Gasteiger partial charge in [0.25, 0.3) is 0 Å². The van der Waals surface area contributed by atoms with Crippen LogP contribution >= 0.6 is 0 Å². The molecule has 0 saturated heterocycles. The molecule has 0 bridgehead atoms. The van der Waals surface area contributed by atoms with Crippen LogP contribution in [0, 0.1) is 29.1 Å². The van der Waals surface area contributed by atoms with Crippen LogP contribution in [0.2, 0.25) is 0 Å². The third-order valence-electron chi connectivity index (χ3n) is 1.99. The Kier molecular flexibility index (Phi) is 5.08. The Morgan fingerprint density at radius 1 is 0.944 bits per heavy atom. The van der Waals surface area contributed by atoms with Crippen molar-refractivity contribution in [2.24, 2.45) is 0 Å². The van der Waals surface area contributed by atoms with E-state index in [4.69, 9.17) is 4.74 Å². The highest BCUT2D eigenvalue weighted by molar-refractivity contribution is 5.47. The Hall–Kier alpha value is -1.63. The molecular formula is C11H10F5NO. The van der Waals surface area contributed by atoms with E-state index in [1.54, 1.807) is 0 Å². The molecule has 0 unspecified atom stereocenters. The molecule has 0 fully saturated rings. The highest BCUT2D eigenvalue weighted by atomic mass is 19.2. The predicted molar refractivity (Wildman–Crippen MR) is 55.7 cm³/mol. The summed E-state index contributed by atoms with van der Waals surface area (Å²) < 4.78 is 69.4. The Balaban J connectivity index is 2.80. The summed E-state index contributed by atoms with van der Waals surface area (Å²) >= 11 is 0. The smallest absolute Gasteiger partial charge is 0.200 e. The second-order valence-corrected chi connectivity index (χ2v) is 3.24. The van der Waals surface area contributed by atoms with E-state index in [9.17, 15) is 22.0 Å². The topological polar surface area (TPSA) is 21.3 Å². The van der Waals surface area contributed by atoms with Gasteiger partial charge in [-0.15, -0.1) is 6.58 Å². The number of rotatable bonds is 6. The van der Waals surface area contributed by atoms with E-state index in [-0.39, 0.29) is 19.8 Å². The molecule has 1 rings (SSSR count). The van der Waals surface area contributed by atoms with Gasteiger partial charge >= 0.3 is 0 Å². The highest BCUT2D eigenvalue weighted by Gasteiger charge is 2.25. The van der Waals surface area contributed by atoms with Crippen molar-refractivity contribution < 1.29 is 26.7 Å². The van der Waals surface area contributed by atoms with E-state index in [0.717, 1.165) is 0 Å². The van der Waals surface area contributed by atoms with Gasteiger partial charge in [-0.2, -0.15) is 0 Å². The maximum atomic E-state index is 13.1. The summed E-state index contributed by atoms with van der Waals surface area (Å²) in [6.07, 6.45) is 1.46. The second-order valence-electron chi connectivity index (χ2n) is 3.24. The van der Waals surface area contributed by atoms with Crippen molar-refractivity contribution in [1.82, 2.24) is 0 Å². The molecule has 1 aromatic rings. The number of hydrogen-bond donors (Lipinski definition) is 1. The van der Waals surface area contributed by atoms with Crippen LogP contribution in [0.3, 0.4) is 0 Å². The molecule has 0 aliphatic rings. The van der Waals surface area contributed by atoms with E-state index >= 15 is 0 Å². The van der Waals surface area contributed by atoms with E-state index in [1.165, 1.54) is 6.08 Å². The fourth-order valence-electron chi connectivity index (χ4n) is 1.17. The minimum absolute atomic E-state index is 0.0332. The first-order valence-corrected chi connectivity index (χ1v) is 4.94. The van der Waals surface area contributed by atoms with Gasteiger partial charge in [-0.05, 0) is 0 Å². The maximum Gasteiger partial charge on any atom is 0.200 e. The third-order valence-corrected chi connectivity index (χ3v) is 1.99. The van der Waals surface area contributed by atoms with Crippen molar-refractivity contribution in [1.29, 1.82) is 0 Å². The standard InChI is InChI=1S/C11H10F5NO/c1-2-4-18-5-3-17-11-9(15)7(13)6(12)8(14)10(11)16/h2,17H,1,3-5H2. The van der Waals surface area contributed by atoms with Crippen LogP contribution in [0.5, 0.6) is 0 Å². The zero-order chi connectivity index (χ0) is 13.7. The number of ether oxygens (including phenoxy) is 1. The van der Waals surface area contributed by atoms with Gasteiger partial charge in [0.15, 0.2) is 23.3 Å². The normalized spacial score (nSPS) is 10.5. The molecule has 100 valence electrons. The van der Waals surface area contributed by atoms with Crippen LogP contribution in [0.4, 0.5) is 27.6 Å². The van der Waals surface area contributed by atoms with E-state index in [2.05, 4.69) is 11.9 Å². The Morgan fingerprint density at radius 3 is 1.94 bits per heavy atom. The molecule has 0 radical (unpaired) electrons. The lowest BCUT2D eigenvalue weighted by molar-refractivity contribution is 0.173. The molecule has 1 aromatic carbocycles. The number of nitrogens with one attached hydrogen (secondary N) is 1. The molecule has 0 aliphatic carbocycles. The van der Waals surface area contributed by atoms with Crippen molar-refractivity contribution in [3.63, 3.8) is 0 Å². The quantitative estimate of drug-likeness (QED) is 0.281. The molecule has 0 heterocycles. The SMILES string of the molecule is C=CCOCCNc1c(F)c(F)c(F)c(F)c1F. The van der Waals surface area contributed by atoms with Crippen molar-refractivity contribution in [3.05, 3.63) is 41.7 Å². The van der Waals surface area contributed by atoms with Gasteiger partial charge in [-0.1, -0.05) is 6.08 Å². The molecule has 0 atom stereocenters. The van der Waals surface area contributed by atoms with Crippen LogP contribution < -0.4 is 5.32 Å². The summed E-state index contributed by atoms with van der Waals surface area (Å²) in [5.74, 6) is -9.93. The molecule has 18 heavy (non-hydrogen) atoms. The number of hydrogen-bond acceptors (Lipinski definition) is 2. The van der Waals surface area contributed by atoms with Gasteiger partial charge in [0, 0.05) is 6.54 Å². The van der Waals surface area contributed by atoms with Crippen LogP contribution in [-0.2, 0) is 4.74 Å². The summed E-state index contributed by atoms with van der Waals surface area (Å²) in [4.78, 5) is 0. The fraction of sp³-hybridized carbons (Fsp3) is 0.273. The van der Waals surface area contributed by atoms with E-state index < -0.39 is 34.8 Å². The average Bonchev–Trinajstić information content (AvgIpc) is 2.37. The number of anilines is 1. The van der Waals surface area contributed by atoms with E-state index in [1.807, 2.05) is 0 Å². The summed E-state index contributed by atoms with van der Waals surface area (Å²) in [5, 5.41) is 2.09. The lowest BCUT2D eigenvalue weighted by Crippen LogP contribution is -2.14. The predicted octanol–water partition coefficient (Wildman–Crippen LogP) is 3.00. The summed E-state index contributed by atoms with van der Waals surface area (Å²) in [7, 11) is 0. The summed E-state index contributed by atoms with van der Waals surface area (Å²) in [5.41, 5.74) is -1.06. The third kappa shape index (κ3) is 2.98. The number of halogens is 5. The number of benzene rings is 1. The largest absolute Gasteiger partial charge is 0.378 e. The van der Waals surface area contributed by atoms with E-state index in [0.29, 0.717) is 0 Å². The zero-order valence-electron chi connectivity index (χ0n) is 9.20. The molecule has 0 spiro atoms. The molecule has 0 amide bonds. The van der Waals surface area contributed by atoms with Gasteiger partial charge in [-0.25, -0.2) is 22.0 Å². The lowest BCUT2D eigenvalue weighted by atomic mass is 10.2. The van der Waals surface area contributed by atoms with Crippen LogP contribution in [0.25, 0.3) is 0 Å². The summed E-state index contributed by atoms with van der Waals surface area (Å²) in [6.45, 7) is 3.52. The first-order valence-electron chi connectivity index (χ1n) is 4.94. The van der Waals surface area contributed by atoms with Crippen molar-refractivity contribution in [3.8, 4) is 0 Å².